The van der Waals surface area contributed by atoms with Gasteiger partial charge in [-0.05, 0) is 10.8 Å². The summed E-state index contributed by atoms with van der Waals surface area (Å²) in [5, 5.41) is 5.77. The van der Waals surface area contributed by atoms with Crippen LogP contribution in [0.4, 0.5) is 0 Å². The molecule has 0 aliphatic carbocycles. The maximum absolute atomic E-state index is 11.9. The first-order valence-corrected chi connectivity index (χ1v) is 8.07. The maximum Gasteiger partial charge on any atom is 0.223 e. The van der Waals surface area contributed by atoms with Gasteiger partial charge < -0.3 is 10.6 Å². The van der Waals surface area contributed by atoms with Gasteiger partial charge in [0.2, 0.25) is 11.8 Å². The Morgan fingerprint density at radius 2 is 1.05 bits per heavy atom. The number of nitrogens with one attached hydrogen (secondary N) is 2. The van der Waals surface area contributed by atoms with E-state index < -0.39 is 0 Å². The zero-order valence-corrected chi connectivity index (χ0v) is 15.5. The number of hydrogen-bond donors (Lipinski definition) is 2. The third-order valence-corrected chi connectivity index (χ3v) is 4.34. The zero-order valence-electron chi connectivity index (χ0n) is 15.5. The van der Waals surface area contributed by atoms with Gasteiger partial charge in [-0.1, -0.05) is 67.5 Å². The third-order valence-electron chi connectivity index (χ3n) is 4.34. The Morgan fingerprint density at radius 1 is 0.773 bits per heavy atom. The summed E-state index contributed by atoms with van der Waals surface area (Å²) in [6, 6.07) is 0. The molecule has 0 spiro atoms. The molecule has 0 bridgehead atoms. The fourth-order valence-corrected chi connectivity index (χ4v) is 1.58. The molecule has 0 radical (unpaired) electrons. The van der Waals surface area contributed by atoms with Crippen LogP contribution in [0.1, 0.15) is 55.4 Å². The van der Waals surface area contributed by atoms with Crippen LogP contribution in [-0.4, -0.2) is 24.9 Å². The van der Waals surface area contributed by atoms with E-state index in [4.69, 9.17) is 0 Å². The second-order valence-corrected chi connectivity index (χ2v) is 8.14. The highest BCUT2D eigenvalue weighted by atomic mass is 16.2. The standard InChI is InChI=1S/C18H34N2O2/c1-13(17(3,4)5)15(21)19-11-9-10-12-20-16(22)14(2)18(6,7)8/h9-10,13-14H,11-12H2,1-8H3,(H,19,21)(H,20,22)/b10-9+. The Balaban J connectivity index is 4.04. The van der Waals surface area contributed by atoms with Gasteiger partial charge in [-0.25, -0.2) is 0 Å². The summed E-state index contributed by atoms with van der Waals surface area (Å²) in [6.07, 6.45) is 3.74. The number of hydrogen-bond acceptors (Lipinski definition) is 2. The molecule has 0 heterocycles. The van der Waals surface area contributed by atoms with Crippen LogP contribution in [0.5, 0.6) is 0 Å². The Hall–Kier alpha value is -1.32. The maximum atomic E-state index is 11.9. The van der Waals surface area contributed by atoms with E-state index >= 15 is 0 Å². The minimum atomic E-state index is -0.0368. The normalized spacial score (nSPS) is 15.5. The van der Waals surface area contributed by atoms with E-state index in [9.17, 15) is 9.59 Å². The van der Waals surface area contributed by atoms with Crippen molar-refractivity contribution in [1.29, 1.82) is 0 Å². The molecule has 2 N–H and O–H groups in total. The molecule has 2 unspecified atom stereocenters. The number of rotatable bonds is 6. The third kappa shape index (κ3) is 7.62. The molecule has 0 fully saturated rings. The highest BCUT2D eigenvalue weighted by molar-refractivity contribution is 5.79. The first-order valence-electron chi connectivity index (χ1n) is 8.07. The quantitative estimate of drug-likeness (QED) is 0.741. The lowest BCUT2D eigenvalue weighted by Crippen LogP contribution is -2.37. The smallest absolute Gasteiger partial charge is 0.223 e. The van der Waals surface area contributed by atoms with Gasteiger partial charge in [0.05, 0.1) is 0 Å². The van der Waals surface area contributed by atoms with Crippen LogP contribution < -0.4 is 10.6 Å². The second-order valence-electron chi connectivity index (χ2n) is 8.14. The van der Waals surface area contributed by atoms with E-state index in [1.807, 2.05) is 26.0 Å². The predicted molar refractivity (Wildman–Crippen MR) is 92.4 cm³/mol. The zero-order chi connectivity index (χ0) is 17.6. The largest absolute Gasteiger partial charge is 0.352 e. The molecule has 2 atom stereocenters. The fourth-order valence-electron chi connectivity index (χ4n) is 1.58. The Labute approximate surface area is 136 Å². The van der Waals surface area contributed by atoms with Gasteiger partial charge in [-0.3, -0.25) is 9.59 Å². The molecule has 4 heteroatoms. The van der Waals surface area contributed by atoms with Gasteiger partial charge >= 0.3 is 0 Å². The van der Waals surface area contributed by atoms with Gasteiger partial charge in [0, 0.05) is 24.9 Å². The van der Waals surface area contributed by atoms with Crippen molar-refractivity contribution in [2.75, 3.05) is 13.1 Å². The van der Waals surface area contributed by atoms with Crippen molar-refractivity contribution in [2.45, 2.75) is 55.4 Å². The van der Waals surface area contributed by atoms with Crippen LogP contribution in [0, 0.1) is 22.7 Å². The van der Waals surface area contributed by atoms with Crippen LogP contribution in [0.25, 0.3) is 0 Å². The summed E-state index contributed by atoms with van der Waals surface area (Å²) in [5.41, 5.74) is -0.0737. The SMILES string of the molecule is CC(C(=O)NC/C=C/CNC(=O)C(C)C(C)(C)C)C(C)(C)C. The fraction of sp³-hybridized carbons (Fsp3) is 0.778. The molecule has 0 aromatic carbocycles. The highest BCUT2D eigenvalue weighted by Gasteiger charge is 2.26. The van der Waals surface area contributed by atoms with E-state index in [1.54, 1.807) is 0 Å². The summed E-state index contributed by atoms with van der Waals surface area (Å²) < 4.78 is 0. The lowest BCUT2D eigenvalue weighted by Gasteiger charge is -2.26. The van der Waals surface area contributed by atoms with E-state index in [0.29, 0.717) is 13.1 Å². The van der Waals surface area contributed by atoms with Crippen molar-refractivity contribution in [3.63, 3.8) is 0 Å². The molecule has 2 amide bonds. The molecule has 0 saturated heterocycles. The van der Waals surface area contributed by atoms with E-state index in [0.717, 1.165) is 0 Å². The van der Waals surface area contributed by atoms with Crippen molar-refractivity contribution in [3.8, 4) is 0 Å². The Bertz CT molecular complexity index is 362. The van der Waals surface area contributed by atoms with Crippen molar-refractivity contribution in [2.24, 2.45) is 22.7 Å². The molecule has 0 aliphatic rings. The molecule has 0 aliphatic heterocycles. The minimum Gasteiger partial charge on any atom is -0.352 e. The number of amides is 2. The monoisotopic (exact) mass is 310 g/mol. The molecule has 22 heavy (non-hydrogen) atoms. The molecule has 0 saturated carbocycles. The molecule has 4 nitrogen and oxygen atoms in total. The van der Waals surface area contributed by atoms with Crippen LogP contribution in [-0.2, 0) is 9.59 Å². The van der Waals surface area contributed by atoms with Gasteiger partial charge in [-0.15, -0.1) is 0 Å². The van der Waals surface area contributed by atoms with Crippen molar-refractivity contribution in [3.05, 3.63) is 12.2 Å². The molecular weight excluding hydrogens is 276 g/mol. The van der Waals surface area contributed by atoms with E-state index in [-0.39, 0.29) is 34.5 Å². The average Bonchev–Trinajstić information content (AvgIpc) is 2.38. The van der Waals surface area contributed by atoms with Gasteiger partial charge in [0.25, 0.3) is 0 Å². The molecule has 0 aromatic rings. The van der Waals surface area contributed by atoms with Crippen LogP contribution in [0.2, 0.25) is 0 Å². The first-order chi connectivity index (χ1) is 9.87. The summed E-state index contributed by atoms with van der Waals surface area (Å²) in [6.45, 7) is 17.2. The van der Waals surface area contributed by atoms with Gasteiger partial charge in [-0.2, -0.15) is 0 Å². The lowest BCUT2D eigenvalue weighted by atomic mass is 9.81. The van der Waals surface area contributed by atoms with Crippen LogP contribution in [0.3, 0.4) is 0 Å². The average molecular weight is 310 g/mol. The van der Waals surface area contributed by atoms with Gasteiger partial charge in [0.15, 0.2) is 0 Å². The summed E-state index contributed by atoms with van der Waals surface area (Å²) in [7, 11) is 0. The topological polar surface area (TPSA) is 58.2 Å². The van der Waals surface area contributed by atoms with Crippen LogP contribution >= 0.6 is 0 Å². The predicted octanol–water partition coefficient (Wildman–Crippen LogP) is 3.14. The van der Waals surface area contributed by atoms with Crippen molar-refractivity contribution >= 4 is 11.8 Å². The van der Waals surface area contributed by atoms with E-state index in [1.165, 1.54) is 0 Å². The van der Waals surface area contributed by atoms with Crippen molar-refractivity contribution < 1.29 is 9.59 Å². The number of carbonyl (C=O) groups is 2. The molecule has 128 valence electrons. The number of carbonyl (C=O) groups excluding carboxylic acids is 2. The highest BCUT2D eigenvalue weighted by Crippen LogP contribution is 2.25. The summed E-state index contributed by atoms with van der Waals surface area (Å²) in [5.74, 6) is 0.0477. The summed E-state index contributed by atoms with van der Waals surface area (Å²) >= 11 is 0. The Kier molecular flexibility index (Phi) is 7.85. The minimum absolute atomic E-state index is 0.0340. The van der Waals surface area contributed by atoms with Crippen molar-refractivity contribution in [1.82, 2.24) is 10.6 Å². The molecule has 0 rings (SSSR count). The Morgan fingerprint density at radius 3 is 1.27 bits per heavy atom. The second kappa shape index (κ2) is 8.35. The van der Waals surface area contributed by atoms with E-state index in [2.05, 4.69) is 52.2 Å². The first kappa shape index (κ1) is 20.7. The lowest BCUT2D eigenvalue weighted by molar-refractivity contribution is -0.128. The summed E-state index contributed by atoms with van der Waals surface area (Å²) in [4.78, 5) is 23.8. The molecule has 0 aromatic heterocycles. The van der Waals surface area contributed by atoms with Crippen LogP contribution in [0.15, 0.2) is 12.2 Å². The molecular formula is C18H34N2O2. The van der Waals surface area contributed by atoms with Gasteiger partial charge in [0.1, 0.15) is 0 Å².